The standard InChI is InChI=1S/C14H13ClN2O2/c1-8-3-4-9(2)11(5-8)17-12-6-13(15)16-7-10(12)14(18)19/h3-7H,1-2H3,(H,16,17)(H,18,19). The smallest absolute Gasteiger partial charge is 0.339 e. The number of anilines is 2. The SMILES string of the molecule is Cc1ccc(C)c(Nc2cc(Cl)ncc2C(=O)O)c1. The van der Waals surface area contributed by atoms with Gasteiger partial charge in [-0.3, -0.25) is 0 Å². The maximum Gasteiger partial charge on any atom is 0.339 e. The monoisotopic (exact) mass is 276 g/mol. The van der Waals surface area contributed by atoms with Crippen molar-refractivity contribution in [3.05, 3.63) is 52.3 Å². The van der Waals surface area contributed by atoms with Crippen molar-refractivity contribution in [1.82, 2.24) is 4.98 Å². The van der Waals surface area contributed by atoms with Gasteiger partial charge in [0.05, 0.1) is 5.69 Å². The summed E-state index contributed by atoms with van der Waals surface area (Å²) in [5, 5.41) is 12.5. The normalized spacial score (nSPS) is 10.3. The number of halogens is 1. The van der Waals surface area contributed by atoms with E-state index in [2.05, 4.69) is 10.3 Å². The largest absolute Gasteiger partial charge is 0.478 e. The van der Waals surface area contributed by atoms with Gasteiger partial charge in [-0.15, -0.1) is 0 Å². The number of aromatic nitrogens is 1. The van der Waals surface area contributed by atoms with E-state index >= 15 is 0 Å². The summed E-state index contributed by atoms with van der Waals surface area (Å²) < 4.78 is 0. The van der Waals surface area contributed by atoms with Gasteiger partial charge in [-0.1, -0.05) is 23.7 Å². The first-order chi connectivity index (χ1) is 8.97. The van der Waals surface area contributed by atoms with E-state index in [-0.39, 0.29) is 10.7 Å². The second-order valence-corrected chi connectivity index (χ2v) is 4.69. The zero-order chi connectivity index (χ0) is 14.0. The maximum absolute atomic E-state index is 11.2. The molecule has 2 rings (SSSR count). The molecular formula is C14H13ClN2O2. The molecule has 98 valence electrons. The van der Waals surface area contributed by atoms with Gasteiger partial charge in [0.1, 0.15) is 10.7 Å². The second-order valence-electron chi connectivity index (χ2n) is 4.30. The third-order valence-electron chi connectivity index (χ3n) is 2.76. The van der Waals surface area contributed by atoms with Crippen LogP contribution in [0.1, 0.15) is 21.5 Å². The number of carbonyl (C=O) groups is 1. The van der Waals surface area contributed by atoms with Crippen LogP contribution in [0.15, 0.2) is 30.5 Å². The highest BCUT2D eigenvalue weighted by atomic mass is 35.5. The molecule has 0 aliphatic carbocycles. The minimum atomic E-state index is -1.04. The fourth-order valence-corrected chi connectivity index (χ4v) is 1.88. The molecule has 0 unspecified atom stereocenters. The number of aryl methyl sites for hydroxylation is 2. The van der Waals surface area contributed by atoms with Gasteiger partial charge in [0, 0.05) is 11.9 Å². The molecule has 0 radical (unpaired) electrons. The fourth-order valence-electron chi connectivity index (χ4n) is 1.72. The summed E-state index contributed by atoms with van der Waals surface area (Å²) in [4.78, 5) is 14.9. The summed E-state index contributed by atoms with van der Waals surface area (Å²) in [5.41, 5.74) is 3.48. The molecule has 0 atom stereocenters. The molecule has 1 aromatic heterocycles. The lowest BCUT2D eigenvalue weighted by Gasteiger charge is -2.12. The van der Waals surface area contributed by atoms with Gasteiger partial charge in [-0.2, -0.15) is 0 Å². The molecule has 0 saturated heterocycles. The molecular weight excluding hydrogens is 264 g/mol. The number of carboxylic acids is 1. The quantitative estimate of drug-likeness (QED) is 0.837. The third kappa shape index (κ3) is 3.03. The van der Waals surface area contributed by atoms with Crippen LogP contribution in [0.5, 0.6) is 0 Å². The van der Waals surface area contributed by atoms with Crippen LogP contribution in [0, 0.1) is 13.8 Å². The Kier molecular flexibility index (Phi) is 3.71. The van der Waals surface area contributed by atoms with Gasteiger partial charge in [0.2, 0.25) is 0 Å². The summed E-state index contributed by atoms with van der Waals surface area (Å²) in [6.45, 7) is 3.92. The van der Waals surface area contributed by atoms with Crippen LogP contribution in [0.3, 0.4) is 0 Å². The summed E-state index contributed by atoms with van der Waals surface area (Å²) in [6.07, 6.45) is 1.25. The summed E-state index contributed by atoms with van der Waals surface area (Å²) in [6, 6.07) is 7.43. The maximum atomic E-state index is 11.2. The number of benzene rings is 1. The number of pyridine rings is 1. The summed E-state index contributed by atoms with van der Waals surface area (Å²) in [7, 11) is 0. The van der Waals surface area contributed by atoms with E-state index in [1.807, 2.05) is 32.0 Å². The third-order valence-corrected chi connectivity index (χ3v) is 2.97. The van der Waals surface area contributed by atoms with Crippen LogP contribution in [-0.4, -0.2) is 16.1 Å². The van der Waals surface area contributed by atoms with Crippen LogP contribution in [-0.2, 0) is 0 Å². The summed E-state index contributed by atoms with van der Waals surface area (Å²) >= 11 is 5.81. The van der Waals surface area contributed by atoms with E-state index in [0.29, 0.717) is 5.69 Å². The summed E-state index contributed by atoms with van der Waals surface area (Å²) in [5.74, 6) is -1.04. The average Bonchev–Trinajstić information content (AvgIpc) is 2.33. The number of carboxylic acid groups (broad SMARTS) is 1. The van der Waals surface area contributed by atoms with Crippen molar-refractivity contribution in [3.8, 4) is 0 Å². The Bertz CT molecular complexity index is 641. The van der Waals surface area contributed by atoms with Gasteiger partial charge in [-0.25, -0.2) is 9.78 Å². The molecule has 2 aromatic rings. The molecule has 2 N–H and O–H groups in total. The molecule has 0 fully saturated rings. The molecule has 0 bridgehead atoms. The molecule has 0 saturated carbocycles. The van der Waals surface area contributed by atoms with Gasteiger partial charge in [0.25, 0.3) is 0 Å². The predicted molar refractivity (Wildman–Crippen MR) is 75.4 cm³/mol. The molecule has 0 amide bonds. The van der Waals surface area contributed by atoms with Crippen molar-refractivity contribution in [2.45, 2.75) is 13.8 Å². The van der Waals surface area contributed by atoms with E-state index in [1.54, 1.807) is 0 Å². The molecule has 1 heterocycles. The molecule has 0 aliphatic heterocycles. The topological polar surface area (TPSA) is 62.2 Å². The fraction of sp³-hybridized carbons (Fsp3) is 0.143. The van der Waals surface area contributed by atoms with Crippen LogP contribution >= 0.6 is 11.6 Å². The first-order valence-corrected chi connectivity index (χ1v) is 6.08. The predicted octanol–water partition coefficient (Wildman–Crippen LogP) is 3.79. The number of aromatic carboxylic acids is 1. The van der Waals surface area contributed by atoms with Crippen LogP contribution in [0.25, 0.3) is 0 Å². The number of hydrogen-bond donors (Lipinski definition) is 2. The zero-order valence-corrected chi connectivity index (χ0v) is 11.3. The van der Waals surface area contributed by atoms with E-state index < -0.39 is 5.97 Å². The van der Waals surface area contributed by atoms with Gasteiger partial charge in [0.15, 0.2) is 0 Å². The van der Waals surface area contributed by atoms with Gasteiger partial charge < -0.3 is 10.4 Å². The van der Waals surface area contributed by atoms with Crippen molar-refractivity contribution >= 4 is 28.9 Å². The van der Waals surface area contributed by atoms with Gasteiger partial charge >= 0.3 is 5.97 Å². The highest BCUT2D eigenvalue weighted by Crippen LogP contribution is 2.26. The molecule has 4 nitrogen and oxygen atoms in total. The Hall–Kier alpha value is -2.07. The highest BCUT2D eigenvalue weighted by molar-refractivity contribution is 6.29. The first kappa shape index (κ1) is 13.4. The van der Waals surface area contributed by atoms with Crippen molar-refractivity contribution in [1.29, 1.82) is 0 Å². The van der Waals surface area contributed by atoms with Crippen molar-refractivity contribution in [2.75, 3.05) is 5.32 Å². The van der Waals surface area contributed by atoms with Crippen molar-refractivity contribution in [2.24, 2.45) is 0 Å². The number of nitrogens with zero attached hydrogens (tertiary/aromatic N) is 1. The Balaban J connectivity index is 2.45. The van der Waals surface area contributed by atoms with Crippen LogP contribution in [0.4, 0.5) is 11.4 Å². The Morgan fingerprint density at radius 2 is 2.00 bits per heavy atom. The zero-order valence-electron chi connectivity index (χ0n) is 10.6. The lowest BCUT2D eigenvalue weighted by molar-refractivity contribution is 0.0697. The number of nitrogens with one attached hydrogen (secondary N) is 1. The molecule has 0 aliphatic rings. The number of rotatable bonds is 3. The lowest BCUT2D eigenvalue weighted by Crippen LogP contribution is -2.04. The molecule has 0 spiro atoms. The lowest BCUT2D eigenvalue weighted by atomic mass is 10.1. The van der Waals surface area contributed by atoms with E-state index in [9.17, 15) is 4.79 Å². The van der Waals surface area contributed by atoms with E-state index in [0.717, 1.165) is 16.8 Å². The van der Waals surface area contributed by atoms with Crippen molar-refractivity contribution in [3.63, 3.8) is 0 Å². The average molecular weight is 277 g/mol. The first-order valence-electron chi connectivity index (χ1n) is 5.70. The molecule has 5 heteroatoms. The Morgan fingerprint density at radius 1 is 1.26 bits per heavy atom. The Labute approximate surface area is 116 Å². The minimum absolute atomic E-state index is 0.0882. The highest BCUT2D eigenvalue weighted by Gasteiger charge is 2.12. The van der Waals surface area contributed by atoms with Crippen LogP contribution < -0.4 is 5.32 Å². The van der Waals surface area contributed by atoms with Crippen LogP contribution in [0.2, 0.25) is 5.15 Å². The Morgan fingerprint density at radius 3 is 2.68 bits per heavy atom. The van der Waals surface area contributed by atoms with E-state index in [4.69, 9.17) is 16.7 Å². The minimum Gasteiger partial charge on any atom is -0.478 e. The number of hydrogen-bond acceptors (Lipinski definition) is 3. The van der Waals surface area contributed by atoms with E-state index in [1.165, 1.54) is 12.3 Å². The van der Waals surface area contributed by atoms with Crippen molar-refractivity contribution < 1.29 is 9.90 Å². The van der Waals surface area contributed by atoms with Gasteiger partial charge in [-0.05, 0) is 37.1 Å². The second kappa shape index (κ2) is 5.28. The molecule has 19 heavy (non-hydrogen) atoms. The molecule has 1 aromatic carbocycles.